The van der Waals surface area contributed by atoms with Crippen molar-refractivity contribution in [3.05, 3.63) is 11.8 Å². The summed E-state index contributed by atoms with van der Waals surface area (Å²) in [6, 6.07) is 0. The van der Waals surface area contributed by atoms with Crippen LogP contribution >= 0.6 is 0 Å². The van der Waals surface area contributed by atoms with Crippen molar-refractivity contribution < 1.29 is 44.5 Å². The molecule has 1 aliphatic carbocycles. The molecule has 9 heteroatoms. The van der Waals surface area contributed by atoms with Crippen molar-refractivity contribution in [2.24, 2.45) is 11.8 Å². The topological polar surface area (TPSA) is 141 Å². The quantitative estimate of drug-likeness (QED) is 0.349. The summed E-state index contributed by atoms with van der Waals surface area (Å²) in [5.41, 5.74) is 0.886. The molecule has 0 amide bonds. The highest BCUT2D eigenvalue weighted by molar-refractivity contribution is 5.21. The molecule has 4 aliphatic rings. The maximum Gasteiger partial charge on any atom is 0.207 e. The van der Waals surface area contributed by atoms with Gasteiger partial charge in [-0.05, 0) is 12.5 Å². The summed E-state index contributed by atoms with van der Waals surface area (Å²) in [6.07, 6.45) is -7.21. The minimum absolute atomic E-state index is 0.169. The Morgan fingerprint density at radius 1 is 0.958 bits per heavy atom. The predicted molar refractivity (Wildman–Crippen MR) is 75.1 cm³/mol. The molecule has 2 saturated heterocycles. The van der Waals surface area contributed by atoms with Gasteiger partial charge in [0.15, 0.2) is 6.29 Å². The number of hydrogen-bond donors (Lipinski definition) is 5. The average Bonchev–Trinajstić information content (AvgIpc) is 3.30. The van der Waals surface area contributed by atoms with Crippen molar-refractivity contribution >= 4 is 0 Å². The highest BCUT2D eigenvalue weighted by atomic mass is 16.8. The molecule has 0 unspecified atom stereocenters. The second-order valence-electron chi connectivity index (χ2n) is 6.86. The Morgan fingerprint density at radius 2 is 1.71 bits per heavy atom. The first kappa shape index (κ1) is 16.7. The summed E-state index contributed by atoms with van der Waals surface area (Å²) < 4.78 is 22.0. The van der Waals surface area contributed by atoms with Crippen molar-refractivity contribution in [3.63, 3.8) is 0 Å². The molecule has 4 rings (SSSR count). The van der Waals surface area contributed by atoms with E-state index in [9.17, 15) is 25.5 Å². The zero-order chi connectivity index (χ0) is 17.2. The minimum atomic E-state index is -1.52. The van der Waals surface area contributed by atoms with Crippen molar-refractivity contribution in [2.45, 2.75) is 62.2 Å². The number of ether oxygens (including phenoxy) is 4. The van der Waals surface area contributed by atoms with Crippen LogP contribution < -0.4 is 0 Å². The van der Waals surface area contributed by atoms with Crippen LogP contribution in [0, 0.1) is 11.8 Å². The van der Waals surface area contributed by atoms with E-state index in [0.29, 0.717) is 0 Å². The third kappa shape index (κ3) is 2.39. The summed E-state index contributed by atoms with van der Waals surface area (Å²) in [6.45, 7) is 1.32. The molecule has 0 aromatic rings. The molecule has 0 radical (unpaired) electrons. The zero-order valence-corrected chi connectivity index (χ0v) is 13.0. The highest BCUT2D eigenvalue weighted by Crippen LogP contribution is 2.53. The van der Waals surface area contributed by atoms with E-state index in [2.05, 4.69) is 0 Å². The highest BCUT2D eigenvalue weighted by Gasteiger charge is 2.66. The zero-order valence-electron chi connectivity index (χ0n) is 13.0. The van der Waals surface area contributed by atoms with E-state index in [0.717, 1.165) is 5.57 Å². The van der Waals surface area contributed by atoms with Gasteiger partial charge in [0.05, 0.1) is 31.0 Å². The minimum Gasteiger partial charge on any atom is -0.472 e. The van der Waals surface area contributed by atoms with Crippen LogP contribution in [0.4, 0.5) is 0 Å². The molecule has 0 aromatic heterocycles. The van der Waals surface area contributed by atoms with Crippen LogP contribution in [0.3, 0.4) is 0 Å². The maximum absolute atomic E-state index is 10.3. The summed E-state index contributed by atoms with van der Waals surface area (Å²) in [7, 11) is 0. The van der Waals surface area contributed by atoms with Gasteiger partial charge in [-0.3, -0.25) is 0 Å². The summed E-state index contributed by atoms with van der Waals surface area (Å²) in [5.74, 6) is -0.431. The largest absolute Gasteiger partial charge is 0.472 e. The molecule has 1 saturated carbocycles. The lowest BCUT2D eigenvalue weighted by atomic mass is 9.85. The Balaban J connectivity index is 1.51. The molecule has 11 atom stereocenters. The second kappa shape index (κ2) is 5.89. The van der Waals surface area contributed by atoms with Gasteiger partial charge in [-0.1, -0.05) is 0 Å². The summed E-state index contributed by atoms with van der Waals surface area (Å²) in [5, 5.41) is 49.2. The Morgan fingerprint density at radius 3 is 2.42 bits per heavy atom. The number of fused-ring (bicyclic) bond motifs is 3. The van der Waals surface area contributed by atoms with E-state index < -0.39 is 49.7 Å². The van der Waals surface area contributed by atoms with Crippen LogP contribution in [-0.4, -0.2) is 87.4 Å². The van der Waals surface area contributed by atoms with Gasteiger partial charge >= 0.3 is 0 Å². The van der Waals surface area contributed by atoms with Crippen LogP contribution in [-0.2, 0) is 18.9 Å². The van der Waals surface area contributed by atoms with Crippen molar-refractivity contribution in [1.29, 1.82) is 0 Å². The molecule has 5 N–H and O–H groups in total. The van der Waals surface area contributed by atoms with Crippen LogP contribution in [0.1, 0.15) is 6.92 Å². The van der Waals surface area contributed by atoms with Crippen LogP contribution in [0.5, 0.6) is 0 Å². The van der Waals surface area contributed by atoms with Gasteiger partial charge in [0.2, 0.25) is 6.29 Å². The van der Waals surface area contributed by atoms with E-state index in [1.807, 2.05) is 6.92 Å². The van der Waals surface area contributed by atoms with Crippen molar-refractivity contribution in [3.8, 4) is 0 Å². The molecule has 3 fully saturated rings. The SMILES string of the molecule is CC1=CO[C@@H](O[C@@H]2O[C@@H](CO)[C@H](O)[C@@H](O)[C@@H]2O)[C@@H]2[C@H]3O[C@H]3[C@@H](O)[C@H]12. The van der Waals surface area contributed by atoms with E-state index in [-0.39, 0.29) is 24.0 Å². The Kier molecular flexibility index (Phi) is 4.09. The first-order valence-corrected chi connectivity index (χ1v) is 8.05. The van der Waals surface area contributed by atoms with E-state index >= 15 is 0 Å². The van der Waals surface area contributed by atoms with E-state index in [4.69, 9.17) is 18.9 Å². The first-order valence-electron chi connectivity index (χ1n) is 8.05. The molecule has 3 aliphatic heterocycles. The molecule has 0 spiro atoms. The fraction of sp³-hybridized carbons (Fsp3) is 0.867. The predicted octanol–water partition coefficient (Wildman–Crippen LogP) is -2.56. The molecule has 24 heavy (non-hydrogen) atoms. The summed E-state index contributed by atoms with van der Waals surface area (Å²) in [4.78, 5) is 0. The van der Waals surface area contributed by atoms with Gasteiger partial charge in [0, 0.05) is 5.92 Å². The Labute approximate surface area is 138 Å². The lowest BCUT2D eigenvalue weighted by Crippen LogP contribution is -2.60. The monoisotopic (exact) mass is 346 g/mol. The normalized spacial score (nSPS) is 56.1. The second-order valence-corrected chi connectivity index (χ2v) is 6.86. The van der Waals surface area contributed by atoms with E-state index in [1.165, 1.54) is 6.26 Å². The first-order chi connectivity index (χ1) is 11.4. The molecule has 0 bridgehead atoms. The van der Waals surface area contributed by atoms with Crippen molar-refractivity contribution in [2.75, 3.05) is 6.61 Å². The average molecular weight is 346 g/mol. The standard InChI is InChI=1S/C15H22O9/c1-4-3-21-14(7-6(4)9(18)13-12(7)23-13)24-15-11(20)10(19)8(17)5(2-16)22-15/h3,5-20H,2H2,1H3/t5-,6+,7-,8-,9-,10+,11-,12+,13-,14-,15-/m0/s1. The van der Waals surface area contributed by atoms with E-state index in [1.54, 1.807) is 0 Å². The number of aliphatic hydroxyl groups excluding tert-OH is 5. The molecule has 9 nitrogen and oxygen atoms in total. The Hall–Kier alpha value is -0.780. The number of rotatable bonds is 3. The van der Waals surface area contributed by atoms with Crippen molar-refractivity contribution in [1.82, 2.24) is 0 Å². The number of epoxide rings is 1. The lowest BCUT2D eigenvalue weighted by molar-refractivity contribution is -0.342. The van der Waals surface area contributed by atoms with Gasteiger partial charge in [-0.25, -0.2) is 0 Å². The number of aliphatic hydroxyl groups is 5. The lowest BCUT2D eigenvalue weighted by Gasteiger charge is -2.43. The number of hydrogen-bond acceptors (Lipinski definition) is 9. The van der Waals surface area contributed by atoms with Crippen LogP contribution in [0.15, 0.2) is 11.8 Å². The summed E-state index contributed by atoms with van der Waals surface area (Å²) >= 11 is 0. The molecule has 3 heterocycles. The third-order valence-electron chi connectivity index (χ3n) is 5.40. The molecular weight excluding hydrogens is 324 g/mol. The maximum atomic E-state index is 10.3. The van der Waals surface area contributed by atoms with Crippen LogP contribution in [0.2, 0.25) is 0 Å². The van der Waals surface area contributed by atoms with Gasteiger partial charge in [0.25, 0.3) is 0 Å². The van der Waals surface area contributed by atoms with Gasteiger partial charge < -0.3 is 44.5 Å². The fourth-order valence-electron chi connectivity index (χ4n) is 4.03. The van der Waals surface area contributed by atoms with Gasteiger partial charge in [-0.15, -0.1) is 0 Å². The van der Waals surface area contributed by atoms with Crippen LogP contribution in [0.25, 0.3) is 0 Å². The Bertz CT molecular complexity index is 523. The van der Waals surface area contributed by atoms with Gasteiger partial charge in [-0.2, -0.15) is 0 Å². The van der Waals surface area contributed by atoms with Gasteiger partial charge in [0.1, 0.15) is 30.5 Å². The fourth-order valence-corrected chi connectivity index (χ4v) is 4.03. The third-order valence-corrected chi connectivity index (χ3v) is 5.40. The molecule has 0 aromatic carbocycles. The smallest absolute Gasteiger partial charge is 0.207 e. The molecular formula is C15H22O9. The molecule has 136 valence electrons.